The zero-order chi connectivity index (χ0) is 17.2. The quantitative estimate of drug-likeness (QED) is 0.611. The summed E-state index contributed by atoms with van der Waals surface area (Å²) >= 11 is 0. The largest absolute Gasteiger partial charge is 0.350 e. The molecule has 0 bridgehead atoms. The van der Waals surface area contributed by atoms with E-state index in [2.05, 4.69) is 15.4 Å². The third-order valence-corrected chi connectivity index (χ3v) is 4.05. The van der Waals surface area contributed by atoms with E-state index >= 15 is 0 Å². The number of fused-ring (bicyclic) bond motifs is 2. The molecule has 7 nitrogen and oxygen atoms in total. The number of benzene rings is 1. The summed E-state index contributed by atoms with van der Waals surface area (Å²) in [6.07, 6.45) is 4.96. The number of nitrogens with one attached hydrogen (secondary N) is 1. The maximum Gasteiger partial charge on any atom is 0.261 e. The highest BCUT2D eigenvalue weighted by Crippen LogP contribution is 2.09. The van der Waals surface area contributed by atoms with E-state index in [-0.39, 0.29) is 18.0 Å². The molecule has 0 spiro atoms. The summed E-state index contributed by atoms with van der Waals surface area (Å²) in [6, 6.07) is 12.8. The lowest BCUT2D eigenvalue weighted by Gasteiger charge is -2.09. The highest BCUT2D eigenvalue weighted by atomic mass is 16.2. The Hall–Kier alpha value is -3.48. The van der Waals surface area contributed by atoms with Crippen molar-refractivity contribution in [1.29, 1.82) is 0 Å². The van der Waals surface area contributed by atoms with E-state index in [1.54, 1.807) is 28.9 Å². The molecule has 0 unspecified atom stereocenters. The molecular weight excluding hydrogens is 318 g/mol. The fourth-order valence-corrected chi connectivity index (χ4v) is 2.79. The second-order valence-corrected chi connectivity index (χ2v) is 5.67. The molecule has 0 fully saturated rings. The van der Waals surface area contributed by atoms with Crippen molar-refractivity contribution >= 4 is 22.3 Å². The molecule has 1 N–H and O–H groups in total. The molecule has 7 heteroatoms. The molecule has 4 aromatic rings. The fourth-order valence-electron chi connectivity index (χ4n) is 2.79. The topological polar surface area (TPSA) is 81.3 Å². The third kappa shape index (κ3) is 2.87. The lowest BCUT2D eigenvalue weighted by Crippen LogP contribution is -2.32. The number of hydrogen-bond acceptors (Lipinski definition) is 4. The number of carbonyl (C=O) groups is 1. The summed E-state index contributed by atoms with van der Waals surface area (Å²) in [5, 5.41) is 7.50. The van der Waals surface area contributed by atoms with Crippen LogP contribution in [0.25, 0.3) is 16.4 Å². The molecule has 0 atom stereocenters. The summed E-state index contributed by atoms with van der Waals surface area (Å²) in [7, 11) is 0. The van der Waals surface area contributed by atoms with E-state index in [1.807, 2.05) is 30.5 Å². The first kappa shape index (κ1) is 15.1. The first-order chi connectivity index (χ1) is 12.2. The van der Waals surface area contributed by atoms with Crippen molar-refractivity contribution < 1.29 is 4.79 Å². The van der Waals surface area contributed by atoms with E-state index in [0.717, 1.165) is 11.1 Å². The molecule has 0 aliphatic heterocycles. The van der Waals surface area contributed by atoms with Gasteiger partial charge in [0.25, 0.3) is 5.56 Å². The number of pyridine rings is 1. The third-order valence-electron chi connectivity index (χ3n) is 4.05. The van der Waals surface area contributed by atoms with Crippen molar-refractivity contribution in [3.05, 3.63) is 77.1 Å². The second-order valence-electron chi connectivity index (χ2n) is 5.67. The maximum atomic E-state index is 12.4. The minimum Gasteiger partial charge on any atom is -0.350 e. The van der Waals surface area contributed by atoms with E-state index in [4.69, 9.17) is 0 Å². The predicted octanol–water partition coefficient (Wildman–Crippen LogP) is 1.36. The van der Waals surface area contributed by atoms with Crippen LogP contribution in [0.4, 0.5) is 0 Å². The summed E-state index contributed by atoms with van der Waals surface area (Å²) < 4.78 is 3.07. The van der Waals surface area contributed by atoms with E-state index in [0.29, 0.717) is 17.4 Å². The molecule has 1 aromatic carbocycles. The van der Waals surface area contributed by atoms with Gasteiger partial charge in [0.2, 0.25) is 5.91 Å². The monoisotopic (exact) mass is 333 g/mol. The van der Waals surface area contributed by atoms with Crippen LogP contribution >= 0.6 is 0 Å². The Labute approximate surface area is 142 Å². The van der Waals surface area contributed by atoms with Crippen molar-refractivity contribution in [3.63, 3.8) is 0 Å². The highest BCUT2D eigenvalue weighted by Gasteiger charge is 2.09. The van der Waals surface area contributed by atoms with Gasteiger partial charge in [-0.25, -0.2) is 9.50 Å². The number of rotatable bonds is 4. The summed E-state index contributed by atoms with van der Waals surface area (Å²) in [5.74, 6) is -0.249. The van der Waals surface area contributed by atoms with Crippen molar-refractivity contribution in [1.82, 2.24) is 24.5 Å². The molecule has 0 aliphatic carbocycles. The van der Waals surface area contributed by atoms with Gasteiger partial charge in [0, 0.05) is 18.9 Å². The Bertz CT molecular complexity index is 1130. The van der Waals surface area contributed by atoms with Crippen LogP contribution in [-0.4, -0.2) is 25.1 Å². The van der Waals surface area contributed by atoms with Gasteiger partial charge in [-0.15, -0.1) is 0 Å². The van der Waals surface area contributed by atoms with Crippen LogP contribution in [0.1, 0.15) is 5.56 Å². The minimum atomic E-state index is -0.249. The second kappa shape index (κ2) is 6.20. The van der Waals surface area contributed by atoms with Crippen LogP contribution in [0, 0.1) is 0 Å². The van der Waals surface area contributed by atoms with Gasteiger partial charge in [-0.1, -0.05) is 18.2 Å². The maximum absolute atomic E-state index is 12.4. The van der Waals surface area contributed by atoms with Crippen molar-refractivity contribution in [2.75, 3.05) is 0 Å². The number of carbonyl (C=O) groups excluding carboxylic acids is 1. The zero-order valence-corrected chi connectivity index (χ0v) is 13.3. The molecule has 1 amide bonds. The van der Waals surface area contributed by atoms with Crippen LogP contribution in [-0.2, 0) is 17.9 Å². The van der Waals surface area contributed by atoms with Crippen molar-refractivity contribution in [3.8, 4) is 0 Å². The number of amides is 1. The van der Waals surface area contributed by atoms with Gasteiger partial charge in [0.1, 0.15) is 6.54 Å². The van der Waals surface area contributed by atoms with Crippen LogP contribution in [0.2, 0.25) is 0 Å². The molecule has 0 saturated heterocycles. The average molecular weight is 333 g/mol. The smallest absolute Gasteiger partial charge is 0.261 e. The Morgan fingerprint density at radius 1 is 1.12 bits per heavy atom. The highest BCUT2D eigenvalue weighted by molar-refractivity contribution is 5.79. The summed E-state index contributed by atoms with van der Waals surface area (Å²) in [6.45, 7) is 0.295. The van der Waals surface area contributed by atoms with Gasteiger partial charge in [0.15, 0.2) is 0 Å². The molecule has 3 heterocycles. The first-order valence-corrected chi connectivity index (χ1v) is 7.84. The van der Waals surface area contributed by atoms with Crippen LogP contribution < -0.4 is 10.9 Å². The predicted molar refractivity (Wildman–Crippen MR) is 93.0 cm³/mol. The Morgan fingerprint density at radius 3 is 2.92 bits per heavy atom. The van der Waals surface area contributed by atoms with Crippen molar-refractivity contribution in [2.24, 2.45) is 0 Å². The first-order valence-electron chi connectivity index (χ1n) is 7.84. The number of nitrogens with zero attached hydrogens (tertiary/aromatic N) is 4. The molecule has 0 radical (unpaired) electrons. The van der Waals surface area contributed by atoms with Gasteiger partial charge in [-0.2, -0.15) is 5.10 Å². The molecular formula is C18H15N5O2. The number of aromatic nitrogens is 4. The van der Waals surface area contributed by atoms with E-state index in [9.17, 15) is 9.59 Å². The van der Waals surface area contributed by atoms with Gasteiger partial charge in [-0.05, 0) is 29.8 Å². The van der Waals surface area contributed by atoms with Gasteiger partial charge < -0.3 is 5.32 Å². The lowest BCUT2D eigenvalue weighted by molar-refractivity contribution is -0.121. The fraction of sp³-hybridized carbons (Fsp3) is 0.111. The molecule has 0 aliphatic rings. The summed E-state index contributed by atoms with van der Waals surface area (Å²) in [5.41, 5.74) is 2.29. The Kier molecular flexibility index (Phi) is 3.74. The molecule has 25 heavy (non-hydrogen) atoms. The van der Waals surface area contributed by atoms with Gasteiger partial charge in [0.05, 0.1) is 22.7 Å². The number of para-hydroxylation sites is 1. The van der Waals surface area contributed by atoms with E-state index < -0.39 is 0 Å². The summed E-state index contributed by atoms with van der Waals surface area (Å²) in [4.78, 5) is 28.9. The molecule has 4 rings (SSSR count). The van der Waals surface area contributed by atoms with Gasteiger partial charge >= 0.3 is 0 Å². The normalized spacial score (nSPS) is 11.0. The Morgan fingerprint density at radius 2 is 2.00 bits per heavy atom. The van der Waals surface area contributed by atoms with Gasteiger partial charge in [-0.3, -0.25) is 14.2 Å². The molecule has 3 aromatic heterocycles. The SMILES string of the molecule is O=C(Cn1cnc2ccccc2c1=O)NCc1cccn2nccc12. The minimum absolute atomic E-state index is 0.0704. The average Bonchev–Trinajstić information content (AvgIpc) is 3.12. The zero-order valence-electron chi connectivity index (χ0n) is 13.3. The number of hydrogen-bond donors (Lipinski definition) is 1. The van der Waals surface area contributed by atoms with Crippen LogP contribution in [0.3, 0.4) is 0 Å². The lowest BCUT2D eigenvalue weighted by atomic mass is 10.2. The molecule has 124 valence electrons. The Balaban J connectivity index is 1.50. The molecule has 0 saturated carbocycles. The van der Waals surface area contributed by atoms with Crippen molar-refractivity contribution in [2.45, 2.75) is 13.1 Å². The van der Waals surface area contributed by atoms with Crippen LogP contribution in [0.15, 0.2) is 66.0 Å². The van der Waals surface area contributed by atoms with E-state index in [1.165, 1.54) is 10.9 Å². The van der Waals surface area contributed by atoms with Crippen LogP contribution in [0.5, 0.6) is 0 Å². The standard InChI is InChI=1S/C18H15N5O2/c24-17(19-10-13-4-3-9-23-16(13)7-8-21-23)11-22-12-20-15-6-2-1-5-14(15)18(22)25/h1-9,12H,10-11H2,(H,19,24).